The fourth-order valence-electron chi connectivity index (χ4n) is 3.82. The molecule has 1 saturated heterocycles. The summed E-state index contributed by atoms with van der Waals surface area (Å²) in [5, 5.41) is 7.01. The number of benzene rings is 1. The van der Waals surface area contributed by atoms with Crippen LogP contribution in [0, 0.1) is 5.92 Å². The average Bonchev–Trinajstić information content (AvgIpc) is 3.10. The predicted molar refractivity (Wildman–Crippen MR) is 98.8 cm³/mol. The van der Waals surface area contributed by atoms with Gasteiger partial charge in [0.05, 0.1) is 19.0 Å². The molecule has 1 aromatic carbocycles. The summed E-state index contributed by atoms with van der Waals surface area (Å²) in [4.78, 5) is 0. The molecule has 0 radical (unpaired) electrons. The maximum Gasteiger partial charge on any atom is 0.213 e. The maximum atomic E-state index is 12.2. The highest BCUT2D eigenvalue weighted by Crippen LogP contribution is 2.29. The Hall–Kier alpha value is -0.990. The molecule has 1 aliphatic heterocycles. The predicted octanol–water partition coefficient (Wildman–Crippen LogP) is 0.853. The molecule has 1 heterocycles. The summed E-state index contributed by atoms with van der Waals surface area (Å²) < 4.78 is 32.6. The first-order chi connectivity index (χ1) is 12.1. The summed E-state index contributed by atoms with van der Waals surface area (Å²) >= 11 is 0. The molecule has 3 N–H and O–H groups in total. The van der Waals surface area contributed by atoms with Gasteiger partial charge in [0.15, 0.2) is 0 Å². The Morgan fingerprint density at radius 3 is 2.80 bits per heavy atom. The van der Waals surface area contributed by atoms with Gasteiger partial charge in [0.2, 0.25) is 10.0 Å². The topological polar surface area (TPSA) is 79.5 Å². The quantitative estimate of drug-likeness (QED) is 0.635. The SMILES string of the molecule is O=S(=O)(CCNC1CCCC1C1COCCN1)NCc1ccccc1. The van der Waals surface area contributed by atoms with Crippen molar-refractivity contribution in [2.24, 2.45) is 5.92 Å². The van der Waals surface area contributed by atoms with Gasteiger partial charge in [-0.05, 0) is 24.3 Å². The standard InChI is InChI=1S/C18H29N3O3S/c22-25(23,21-13-15-5-2-1-3-6-15)12-10-20-17-8-4-7-16(17)18-14-24-11-9-19-18/h1-3,5-6,16-21H,4,7-14H2. The summed E-state index contributed by atoms with van der Waals surface area (Å²) in [6, 6.07) is 10.4. The molecule has 2 fully saturated rings. The first kappa shape index (κ1) is 18.8. The van der Waals surface area contributed by atoms with Crippen molar-refractivity contribution in [2.45, 2.75) is 37.9 Å². The summed E-state index contributed by atoms with van der Waals surface area (Å²) in [6.07, 6.45) is 3.48. The number of hydrogen-bond donors (Lipinski definition) is 3. The van der Waals surface area contributed by atoms with Gasteiger partial charge in [-0.2, -0.15) is 0 Å². The number of hydrogen-bond acceptors (Lipinski definition) is 5. The van der Waals surface area contributed by atoms with Crippen LogP contribution in [0.1, 0.15) is 24.8 Å². The van der Waals surface area contributed by atoms with Gasteiger partial charge < -0.3 is 15.4 Å². The Labute approximate surface area is 150 Å². The highest BCUT2D eigenvalue weighted by molar-refractivity contribution is 7.89. The van der Waals surface area contributed by atoms with Crippen molar-refractivity contribution in [2.75, 3.05) is 32.1 Å². The molecule has 0 spiro atoms. The van der Waals surface area contributed by atoms with Crippen molar-refractivity contribution in [1.82, 2.24) is 15.4 Å². The Kier molecular flexibility index (Phi) is 6.84. The van der Waals surface area contributed by atoms with Crippen LogP contribution >= 0.6 is 0 Å². The Balaban J connectivity index is 1.41. The van der Waals surface area contributed by atoms with E-state index in [1.54, 1.807) is 0 Å². The lowest BCUT2D eigenvalue weighted by Gasteiger charge is -2.33. The number of rotatable bonds is 8. The van der Waals surface area contributed by atoms with Crippen LogP contribution in [-0.4, -0.2) is 52.6 Å². The second kappa shape index (κ2) is 9.09. The van der Waals surface area contributed by atoms with Gasteiger partial charge in [0.1, 0.15) is 0 Å². The molecule has 140 valence electrons. The number of morpholine rings is 1. The Morgan fingerprint density at radius 1 is 1.20 bits per heavy atom. The third-order valence-electron chi connectivity index (χ3n) is 5.15. The van der Waals surface area contributed by atoms with Crippen LogP contribution in [0.5, 0.6) is 0 Å². The minimum Gasteiger partial charge on any atom is -0.379 e. The zero-order chi connectivity index (χ0) is 17.5. The van der Waals surface area contributed by atoms with E-state index in [0.717, 1.165) is 31.7 Å². The molecule has 3 atom stereocenters. The lowest BCUT2D eigenvalue weighted by atomic mass is 9.94. The maximum absolute atomic E-state index is 12.2. The molecule has 1 aliphatic carbocycles. The van der Waals surface area contributed by atoms with Crippen molar-refractivity contribution in [3.63, 3.8) is 0 Å². The van der Waals surface area contributed by atoms with E-state index >= 15 is 0 Å². The first-order valence-electron chi connectivity index (χ1n) is 9.20. The van der Waals surface area contributed by atoms with Gasteiger partial charge in [-0.1, -0.05) is 36.8 Å². The lowest BCUT2D eigenvalue weighted by molar-refractivity contribution is 0.0527. The molecule has 1 aromatic rings. The monoisotopic (exact) mass is 367 g/mol. The summed E-state index contributed by atoms with van der Waals surface area (Å²) in [7, 11) is -3.27. The normalized spacial score (nSPS) is 27.4. The van der Waals surface area contributed by atoms with Crippen LogP contribution in [0.15, 0.2) is 30.3 Å². The minimum atomic E-state index is -3.27. The fourth-order valence-corrected chi connectivity index (χ4v) is 4.74. The van der Waals surface area contributed by atoms with E-state index in [1.807, 2.05) is 30.3 Å². The van der Waals surface area contributed by atoms with E-state index < -0.39 is 10.0 Å². The third kappa shape index (κ3) is 5.76. The molecule has 25 heavy (non-hydrogen) atoms. The zero-order valence-electron chi connectivity index (χ0n) is 14.6. The molecule has 6 nitrogen and oxygen atoms in total. The fraction of sp³-hybridized carbons (Fsp3) is 0.667. The van der Waals surface area contributed by atoms with E-state index in [9.17, 15) is 8.42 Å². The van der Waals surface area contributed by atoms with Crippen LogP contribution in [0.25, 0.3) is 0 Å². The highest BCUT2D eigenvalue weighted by atomic mass is 32.2. The van der Waals surface area contributed by atoms with Gasteiger partial charge in [-0.25, -0.2) is 13.1 Å². The molecule has 3 rings (SSSR count). The molecule has 0 amide bonds. The van der Waals surface area contributed by atoms with Crippen LogP contribution in [-0.2, 0) is 21.3 Å². The molecule has 7 heteroatoms. The molecular weight excluding hydrogens is 338 g/mol. The van der Waals surface area contributed by atoms with E-state index in [-0.39, 0.29) is 5.75 Å². The van der Waals surface area contributed by atoms with Gasteiger partial charge in [-0.15, -0.1) is 0 Å². The van der Waals surface area contributed by atoms with Gasteiger partial charge in [0.25, 0.3) is 0 Å². The first-order valence-corrected chi connectivity index (χ1v) is 10.8. The van der Waals surface area contributed by atoms with E-state index in [2.05, 4.69) is 15.4 Å². The zero-order valence-corrected chi connectivity index (χ0v) is 15.4. The van der Waals surface area contributed by atoms with Crippen molar-refractivity contribution < 1.29 is 13.2 Å². The Bertz CT molecular complexity index is 618. The van der Waals surface area contributed by atoms with Crippen LogP contribution in [0.4, 0.5) is 0 Å². The summed E-state index contributed by atoms with van der Waals surface area (Å²) in [6.45, 7) is 3.29. The van der Waals surface area contributed by atoms with Crippen molar-refractivity contribution in [3.05, 3.63) is 35.9 Å². The van der Waals surface area contributed by atoms with Gasteiger partial charge in [-0.3, -0.25) is 0 Å². The van der Waals surface area contributed by atoms with Crippen LogP contribution in [0.3, 0.4) is 0 Å². The van der Waals surface area contributed by atoms with Gasteiger partial charge in [0, 0.05) is 31.7 Å². The van der Waals surface area contributed by atoms with Gasteiger partial charge >= 0.3 is 0 Å². The van der Waals surface area contributed by atoms with Crippen molar-refractivity contribution >= 4 is 10.0 Å². The van der Waals surface area contributed by atoms with Crippen LogP contribution < -0.4 is 15.4 Å². The Morgan fingerprint density at radius 2 is 2.04 bits per heavy atom. The molecular formula is C18H29N3O3S. The number of ether oxygens (including phenoxy) is 1. The average molecular weight is 368 g/mol. The largest absolute Gasteiger partial charge is 0.379 e. The van der Waals surface area contributed by atoms with E-state index in [0.29, 0.717) is 31.1 Å². The van der Waals surface area contributed by atoms with Crippen molar-refractivity contribution in [1.29, 1.82) is 0 Å². The highest BCUT2D eigenvalue weighted by Gasteiger charge is 2.34. The van der Waals surface area contributed by atoms with E-state index in [4.69, 9.17) is 4.74 Å². The third-order valence-corrected chi connectivity index (χ3v) is 6.48. The molecule has 0 aromatic heterocycles. The minimum absolute atomic E-state index is 0.109. The molecule has 2 aliphatic rings. The summed E-state index contributed by atoms with van der Waals surface area (Å²) in [5.41, 5.74) is 0.971. The summed E-state index contributed by atoms with van der Waals surface area (Å²) in [5.74, 6) is 0.637. The second-order valence-corrected chi connectivity index (χ2v) is 8.84. The molecule has 0 bridgehead atoms. The number of nitrogens with one attached hydrogen (secondary N) is 3. The van der Waals surface area contributed by atoms with Crippen LogP contribution in [0.2, 0.25) is 0 Å². The van der Waals surface area contributed by atoms with Crippen molar-refractivity contribution in [3.8, 4) is 0 Å². The lowest BCUT2D eigenvalue weighted by Crippen LogP contribution is -2.51. The molecule has 3 unspecified atom stereocenters. The number of sulfonamides is 1. The smallest absolute Gasteiger partial charge is 0.213 e. The molecule has 1 saturated carbocycles. The second-order valence-electron chi connectivity index (χ2n) is 6.92. The van der Waals surface area contributed by atoms with E-state index in [1.165, 1.54) is 12.8 Å².